The van der Waals surface area contributed by atoms with Crippen molar-refractivity contribution in [3.63, 3.8) is 0 Å². The van der Waals surface area contributed by atoms with E-state index in [1.54, 1.807) is 4.90 Å². The van der Waals surface area contributed by atoms with Gasteiger partial charge in [-0.05, 0) is 31.4 Å². The van der Waals surface area contributed by atoms with Crippen molar-refractivity contribution in [2.75, 3.05) is 38.0 Å². The number of carbonyl (C=O) groups excluding carboxylic acids is 2. The third kappa shape index (κ3) is 4.27. The van der Waals surface area contributed by atoms with E-state index in [0.29, 0.717) is 39.1 Å². The zero-order chi connectivity index (χ0) is 18.2. The lowest BCUT2D eigenvalue weighted by atomic mass is 10.1. The van der Waals surface area contributed by atoms with Crippen LogP contribution in [0.1, 0.15) is 17.5 Å². The number of carbonyl (C=O) groups is 2. The maximum Gasteiger partial charge on any atom is 0.238 e. The van der Waals surface area contributed by atoms with Crippen LogP contribution in [0.15, 0.2) is 18.2 Å². The Morgan fingerprint density at radius 3 is 2.24 bits per heavy atom. The van der Waals surface area contributed by atoms with Gasteiger partial charge in [0.25, 0.3) is 0 Å². The minimum Gasteiger partial charge on any atom is -0.340 e. The topological polar surface area (TPSA) is 52.7 Å². The molecule has 0 aromatic heterocycles. The number of hydrogen-bond acceptors (Lipinski definition) is 3. The van der Waals surface area contributed by atoms with Gasteiger partial charge in [-0.15, -0.1) is 23.2 Å². The molecule has 1 atom stereocenters. The fourth-order valence-electron chi connectivity index (χ4n) is 3.22. The zero-order valence-electron chi connectivity index (χ0n) is 14.5. The molecular formula is C18H23Cl2N3O2. The summed E-state index contributed by atoms with van der Waals surface area (Å²) >= 11 is 12.0. The van der Waals surface area contributed by atoms with Crippen LogP contribution >= 0.6 is 23.2 Å². The maximum absolute atomic E-state index is 12.3. The van der Waals surface area contributed by atoms with Gasteiger partial charge in [0.15, 0.2) is 0 Å². The molecule has 0 spiro atoms. The van der Waals surface area contributed by atoms with E-state index in [1.807, 2.05) is 32.0 Å². The predicted octanol–water partition coefficient (Wildman–Crippen LogP) is 2.58. The van der Waals surface area contributed by atoms with Gasteiger partial charge in [-0.3, -0.25) is 14.5 Å². The first-order valence-electron chi connectivity index (χ1n) is 8.53. The summed E-state index contributed by atoms with van der Waals surface area (Å²) in [4.78, 5) is 28.5. The number of aryl methyl sites for hydroxylation is 2. The largest absolute Gasteiger partial charge is 0.340 e. The molecule has 1 saturated heterocycles. The third-order valence-electron chi connectivity index (χ3n) is 4.92. The first kappa shape index (κ1) is 18.5. The number of nitrogens with one attached hydrogen (secondary N) is 1. The van der Waals surface area contributed by atoms with Crippen molar-refractivity contribution in [3.05, 3.63) is 29.3 Å². The molecule has 5 nitrogen and oxygen atoms in total. The Balaban J connectivity index is 1.47. The zero-order valence-corrected chi connectivity index (χ0v) is 16.0. The highest BCUT2D eigenvalue weighted by molar-refractivity contribution is 6.52. The van der Waals surface area contributed by atoms with Crippen LogP contribution in [0.5, 0.6) is 0 Å². The minimum atomic E-state index is -0.875. The number of halogens is 2. The second-order valence-electron chi connectivity index (χ2n) is 6.93. The maximum atomic E-state index is 12.3. The van der Waals surface area contributed by atoms with Crippen molar-refractivity contribution < 1.29 is 9.59 Å². The normalized spacial score (nSPS) is 22.6. The number of para-hydroxylation sites is 1. The number of amides is 2. The van der Waals surface area contributed by atoms with Gasteiger partial charge in [-0.1, -0.05) is 18.2 Å². The molecule has 0 radical (unpaired) electrons. The molecule has 1 aromatic carbocycles. The smallest absolute Gasteiger partial charge is 0.238 e. The minimum absolute atomic E-state index is 0.0279. The summed E-state index contributed by atoms with van der Waals surface area (Å²) in [5.41, 5.74) is 2.99. The Kier molecular flexibility index (Phi) is 5.28. The van der Waals surface area contributed by atoms with E-state index in [0.717, 1.165) is 16.8 Å². The van der Waals surface area contributed by atoms with Crippen molar-refractivity contribution in [1.29, 1.82) is 0 Å². The highest BCUT2D eigenvalue weighted by Crippen LogP contribution is 2.53. The van der Waals surface area contributed by atoms with Gasteiger partial charge < -0.3 is 10.2 Å². The molecule has 2 fully saturated rings. The monoisotopic (exact) mass is 383 g/mol. The Morgan fingerprint density at radius 2 is 1.72 bits per heavy atom. The average molecular weight is 384 g/mol. The molecule has 0 bridgehead atoms. The molecule has 1 heterocycles. The van der Waals surface area contributed by atoms with Gasteiger partial charge in [-0.25, -0.2) is 0 Å². The van der Waals surface area contributed by atoms with Crippen molar-refractivity contribution in [1.82, 2.24) is 9.80 Å². The second kappa shape index (κ2) is 7.14. The molecule has 1 aliphatic heterocycles. The van der Waals surface area contributed by atoms with Crippen molar-refractivity contribution in [2.45, 2.75) is 24.6 Å². The summed E-state index contributed by atoms with van der Waals surface area (Å²) in [6, 6.07) is 5.95. The lowest BCUT2D eigenvalue weighted by molar-refractivity contribution is -0.134. The first-order chi connectivity index (χ1) is 11.8. The summed E-state index contributed by atoms with van der Waals surface area (Å²) in [6.45, 7) is 6.86. The van der Waals surface area contributed by atoms with Crippen LogP contribution in [0.25, 0.3) is 0 Å². The van der Waals surface area contributed by atoms with Gasteiger partial charge >= 0.3 is 0 Å². The molecule has 1 aliphatic carbocycles. The number of rotatable bonds is 4. The molecule has 1 saturated carbocycles. The molecule has 3 rings (SSSR count). The van der Waals surface area contributed by atoms with Crippen LogP contribution in [-0.2, 0) is 9.59 Å². The molecule has 25 heavy (non-hydrogen) atoms. The van der Waals surface area contributed by atoms with E-state index in [9.17, 15) is 9.59 Å². The summed E-state index contributed by atoms with van der Waals surface area (Å²) in [5, 5.41) is 3.00. The van der Waals surface area contributed by atoms with Crippen LogP contribution in [-0.4, -0.2) is 58.7 Å². The van der Waals surface area contributed by atoms with E-state index in [1.165, 1.54) is 0 Å². The standard InChI is InChI=1S/C18H23Cl2N3O2/c1-12-4-3-5-13(2)16(12)21-15(24)11-22-6-8-23(9-7-22)17(25)14-10-18(14,19)20/h3-5,14H,6-11H2,1-2H3,(H,21,24). The predicted molar refractivity (Wildman–Crippen MR) is 100 cm³/mol. The van der Waals surface area contributed by atoms with E-state index >= 15 is 0 Å². The number of nitrogens with zero attached hydrogens (tertiary/aromatic N) is 2. The molecular weight excluding hydrogens is 361 g/mol. The Hall–Kier alpha value is -1.30. The third-order valence-corrected chi connectivity index (χ3v) is 5.76. The Bertz CT molecular complexity index is 665. The van der Waals surface area contributed by atoms with Crippen LogP contribution < -0.4 is 5.32 Å². The van der Waals surface area contributed by atoms with Gasteiger partial charge in [0, 0.05) is 31.9 Å². The van der Waals surface area contributed by atoms with Crippen LogP contribution in [0.4, 0.5) is 5.69 Å². The van der Waals surface area contributed by atoms with Crippen molar-refractivity contribution >= 4 is 40.7 Å². The molecule has 1 unspecified atom stereocenters. The fourth-order valence-corrected chi connectivity index (χ4v) is 3.72. The van der Waals surface area contributed by atoms with Crippen LogP contribution in [0.2, 0.25) is 0 Å². The highest BCUT2D eigenvalue weighted by atomic mass is 35.5. The average Bonchev–Trinajstić information content (AvgIpc) is 3.20. The molecule has 1 N–H and O–H groups in total. The molecule has 2 aliphatic rings. The number of alkyl halides is 2. The van der Waals surface area contributed by atoms with Gasteiger partial charge in [0.1, 0.15) is 4.33 Å². The van der Waals surface area contributed by atoms with Gasteiger partial charge in [0.05, 0.1) is 12.5 Å². The summed E-state index contributed by atoms with van der Waals surface area (Å²) in [7, 11) is 0. The number of hydrogen-bond donors (Lipinski definition) is 1. The highest BCUT2D eigenvalue weighted by Gasteiger charge is 2.57. The summed E-state index contributed by atoms with van der Waals surface area (Å²) in [6.07, 6.45) is 0.535. The number of benzene rings is 1. The van der Waals surface area contributed by atoms with Crippen molar-refractivity contribution in [2.24, 2.45) is 5.92 Å². The number of piperazine rings is 1. The van der Waals surface area contributed by atoms with E-state index < -0.39 is 4.33 Å². The van der Waals surface area contributed by atoms with Crippen LogP contribution in [0.3, 0.4) is 0 Å². The Labute approximate surface area is 158 Å². The SMILES string of the molecule is Cc1cccc(C)c1NC(=O)CN1CCN(C(=O)C2CC2(Cl)Cl)CC1. The molecule has 7 heteroatoms. The molecule has 2 amide bonds. The lowest BCUT2D eigenvalue weighted by Crippen LogP contribution is -2.51. The van der Waals surface area contributed by atoms with Gasteiger partial charge in [-0.2, -0.15) is 0 Å². The molecule has 1 aromatic rings. The first-order valence-corrected chi connectivity index (χ1v) is 9.28. The summed E-state index contributed by atoms with van der Waals surface area (Å²) < 4.78 is -0.875. The van der Waals surface area contributed by atoms with E-state index in [-0.39, 0.29) is 17.7 Å². The summed E-state index contributed by atoms with van der Waals surface area (Å²) in [5.74, 6) is -0.265. The lowest BCUT2D eigenvalue weighted by Gasteiger charge is -2.34. The van der Waals surface area contributed by atoms with E-state index in [2.05, 4.69) is 10.2 Å². The fraction of sp³-hybridized carbons (Fsp3) is 0.556. The Morgan fingerprint density at radius 1 is 1.16 bits per heavy atom. The van der Waals surface area contributed by atoms with E-state index in [4.69, 9.17) is 23.2 Å². The molecule has 136 valence electrons. The second-order valence-corrected chi connectivity index (χ2v) is 8.48. The van der Waals surface area contributed by atoms with Crippen LogP contribution in [0, 0.1) is 19.8 Å². The van der Waals surface area contributed by atoms with Gasteiger partial charge in [0.2, 0.25) is 11.8 Å². The number of anilines is 1. The quantitative estimate of drug-likeness (QED) is 0.812. The van der Waals surface area contributed by atoms with Crippen molar-refractivity contribution in [3.8, 4) is 0 Å².